The minimum absolute atomic E-state index is 0.0359. The summed E-state index contributed by atoms with van der Waals surface area (Å²) in [5, 5.41) is 8.75. The standard InChI is InChI=1S/C14H20N4O/c1-4-14(5-2)18-7-6-13(16-18)10-17-9-12(8-15-17)11(3)19/h6-9,14H,4-5,10H2,1-3H3. The number of rotatable bonds is 6. The van der Waals surface area contributed by atoms with Crippen molar-refractivity contribution in [3.8, 4) is 0 Å². The Bertz CT molecular complexity index is 551. The number of Topliss-reactive ketones (excluding diaryl/α,β-unsaturated/α-hetero) is 1. The molecule has 2 aromatic rings. The van der Waals surface area contributed by atoms with Gasteiger partial charge in [-0.1, -0.05) is 13.8 Å². The van der Waals surface area contributed by atoms with E-state index in [1.807, 2.05) is 16.9 Å². The van der Waals surface area contributed by atoms with Gasteiger partial charge in [0.05, 0.1) is 30.0 Å². The third kappa shape index (κ3) is 3.10. The summed E-state index contributed by atoms with van der Waals surface area (Å²) in [6.07, 6.45) is 7.53. The van der Waals surface area contributed by atoms with Crippen LogP contribution in [-0.2, 0) is 6.54 Å². The van der Waals surface area contributed by atoms with E-state index >= 15 is 0 Å². The molecule has 0 saturated carbocycles. The van der Waals surface area contributed by atoms with Crippen LogP contribution in [-0.4, -0.2) is 25.3 Å². The molecule has 0 radical (unpaired) electrons. The van der Waals surface area contributed by atoms with Crippen LogP contribution in [0.3, 0.4) is 0 Å². The lowest BCUT2D eigenvalue weighted by molar-refractivity contribution is 0.101. The van der Waals surface area contributed by atoms with Crippen molar-refractivity contribution in [1.29, 1.82) is 0 Å². The first-order valence-electron chi connectivity index (χ1n) is 6.71. The Kier molecular flexibility index (Phi) is 4.14. The number of carbonyl (C=O) groups excluding carboxylic acids is 1. The van der Waals surface area contributed by atoms with Crippen LogP contribution in [0.5, 0.6) is 0 Å². The molecule has 0 amide bonds. The lowest BCUT2D eigenvalue weighted by Gasteiger charge is -2.12. The van der Waals surface area contributed by atoms with Gasteiger partial charge in [-0.25, -0.2) is 0 Å². The first-order valence-corrected chi connectivity index (χ1v) is 6.71. The summed E-state index contributed by atoms with van der Waals surface area (Å²) < 4.78 is 3.76. The molecule has 5 nitrogen and oxygen atoms in total. The van der Waals surface area contributed by atoms with Gasteiger partial charge in [0.2, 0.25) is 0 Å². The summed E-state index contributed by atoms with van der Waals surface area (Å²) in [6.45, 7) is 6.48. The molecule has 0 saturated heterocycles. The van der Waals surface area contributed by atoms with Gasteiger partial charge >= 0.3 is 0 Å². The van der Waals surface area contributed by atoms with Crippen LogP contribution in [0, 0.1) is 0 Å². The van der Waals surface area contributed by atoms with Crippen LogP contribution in [0.2, 0.25) is 0 Å². The molecule has 0 bridgehead atoms. The summed E-state index contributed by atoms with van der Waals surface area (Å²) in [4.78, 5) is 11.2. The van der Waals surface area contributed by atoms with Gasteiger partial charge in [-0.3, -0.25) is 14.2 Å². The maximum Gasteiger partial charge on any atom is 0.162 e. The van der Waals surface area contributed by atoms with Gasteiger partial charge in [-0.05, 0) is 25.8 Å². The predicted octanol–water partition coefficient (Wildman–Crippen LogP) is 2.69. The summed E-state index contributed by atoms with van der Waals surface area (Å²) >= 11 is 0. The topological polar surface area (TPSA) is 52.7 Å². The predicted molar refractivity (Wildman–Crippen MR) is 73.2 cm³/mol. The summed E-state index contributed by atoms with van der Waals surface area (Å²) in [6, 6.07) is 2.46. The minimum atomic E-state index is 0.0359. The summed E-state index contributed by atoms with van der Waals surface area (Å²) in [5.41, 5.74) is 1.60. The van der Waals surface area contributed by atoms with E-state index < -0.39 is 0 Å². The van der Waals surface area contributed by atoms with Gasteiger partial charge in [-0.2, -0.15) is 10.2 Å². The van der Waals surface area contributed by atoms with E-state index in [4.69, 9.17) is 0 Å². The highest BCUT2D eigenvalue weighted by atomic mass is 16.1. The Morgan fingerprint density at radius 2 is 2.11 bits per heavy atom. The second-order valence-electron chi connectivity index (χ2n) is 4.74. The number of ketones is 1. The zero-order valence-electron chi connectivity index (χ0n) is 11.7. The van der Waals surface area contributed by atoms with Gasteiger partial charge in [0.15, 0.2) is 5.78 Å². The fraction of sp³-hybridized carbons (Fsp3) is 0.500. The minimum Gasteiger partial charge on any atom is -0.294 e. The number of hydrogen-bond donors (Lipinski definition) is 0. The maximum absolute atomic E-state index is 11.2. The quantitative estimate of drug-likeness (QED) is 0.750. The third-order valence-corrected chi connectivity index (χ3v) is 3.34. The van der Waals surface area contributed by atoms with Crippen LogP contribution >= 0.6 is 0 Å². The Morgan fingerprint density at radius 1 is 1.37 bits per heavy atom. The number of hydrogen-bond acceptors (Lipinski definition) is 3. The average molecular weight is 260 g/mol. The van der Waals surface area contributed by atoms with Crippen LogP contribution in [0.25, 0.3) is 0 Å². The van der Waals surface area contributed by atoms with Crippen LogP contribution in [0.15, 0.2) is 24.7 Å². The SMILES string of the molecule is CCC(CC)n1ccc(Cn2cc(C(C)=O)cn2)n1. The van der Waals surface area contributed by atoms with Crippen LogP contribution in [0.1, 0.15) is 55.7 Å². The maximum atomic E-state index is 11.2. The molecule has 102 valence electrons. The number of carbonyl (C=O) groups is 1. The highest BCUT2D eigenvalue weighted by Gasteiger charge is 2.09. The number of aromatic nitrogens is 4. The van der Waals surface area contributed by atoms with Crippen LogP contribution < -0.4 is 0 Å². The van der Waals surface area contributed by atoms with E-state index in [1.165, 1.54) is 0 Å². The number of nitrogens with zero attached hydrogens (tertiary/aromatic N) is 4. The fourth-order valence-electron chi connectivity index (χ4n) is 2.13. The van der Waals surface area contributed by atoms with E-state index in [9.17, 15) is 4.79 Å². The molecule has 0 aromatic carbocycles. The molecule has 19 heavy (non-hydrogen) atoms. The first-order chi connectivity index (χ1) is 9.13. The van der Waals surface area contributed by atoms with Gasteiger partial charge in [0.25, 0.3) is 0 Å². The lowest BCUT2D eigenvalue weighted by atomic mass is 10.2. The van der Waals surface area contributed by atoms with Gasteiger partial charge in [0, 0.05) is 12.4 Å². The van der Waals surface area contributed by atoms with E-state index in [1.54, 1.807) is 24.0 Å². The second-order valence-corrected chi connectivity index (χ2v) is 4.74. The Hall–Kier alpha value is -1.91. The molecule has 2 heterocycles. The van der Waals surface area contributed by atoms with Crippen molar-refractivity contribution in [2.75, 3.05) is 0 Å². The molecular formula is C14H20N4O. The van der Waals surface area contributed by atoms with Crippen molar-refractivity contribution in [1.82, 2.24) is 19.6 Å². The average Bonchev–Trinajstić information content (AvgIpc) is 3.01. The second kappa shape index (κ2) is 5.82. The van der Waals surface area contributed by atoms with Crippen molar-refractivity contribution >= 4 is 5.78 Å². The third-order valence-electron chi connectivity index (χ3n) is 3.34. The smallest absolute Gasteiger partial charge is 0.162 e. The van der Waals surface area contributed by atoms with Crippen molar-refractivity contribution in [3.05, 3.63) is 35.9 Å². The first kappa shape index (κ1) is 13.5. The monoisotopic (exact) mass is 260 g/mol. The van der Waals surface area contributed by atoms with Gasteiger partial charge < -0.3 is 0 Å². The molecule has 0 spiro atoms. The van der Waals surface area contributed by atoms with E-state index in [-0.39, 0.29) is 5.78 Å². The Labute approximate surface area is 113 Å². The highest BCUT2D eigenvalue weighted by Crippen LogP contribution is 2.14. The Balaban J connectivity index is 2.08. The molecule has 0 aliphatic rings. The highest BCUT2D eigenvalue weighted by molar-refractivity contribution is 5.93. The lowest BCUT2D eigenvalue weighted by Crippen LogP contribution is -2.09. The van der Waals surface area contributed by atoms with Crippen LogP contribution in [0.4, 0.5) is 0 Å². The zero-order valence-corrected chi connectivity index (χ0v) is 11.7. The molecule has 2 rings (SSSR count). The zero-order chi connectivity index (χ0) is 13.8. The normalized spacial score (nSPS) is 11.2. The molecule has 0 unspecified atom stereocenters. The molecule has 2 aromatic heterocycles. The van der Waals surface area contributed by atoms with E-state index in [2.05, 4.69) is 24.0 Å². The van der Waals surface area contributed by atoms with Crippen molar-refractivity contribution in [3.63, 3.8) is 0 Å². The molecule has 0 atom stereocenters. The van der Waals surface area contributed by atoms with Gasteiger partial charge in [-0.15, -0.1) is 0 Å². The van der Waals surface area contributed by atoms with E-state index in [0.717, 1.165) is 18.5 Å². The molecule has 0 aliphatic heterocycles. The summed E-state index contributed by atoms with van der Waals surface area (Å²) in [5.74, 6) is 0.0359. The molecular weight excluding hydrogens is 240 g/mol. The van der Waals surface area contributed by atoms with E-state index in [0.29, 0.717) is 18.2 Å². The fourth-order valence-corrected chi connectivity index (χ4v) is 2.13. The van der Waals surface area contributed by atoms with Crippen molar-refractivity contribution in [2.24, 2.45) is 0 Å². The summed E-state index contributed by atoms with van der Waals surface area (Å²) in [7, 11) is 0. The molecule has 0 fully saturated rings. The molecule has 5 heteroatoms. The van der Waals surface area contributed by atoms with Crippen molar-refractivity contribution in [2.45, 2.75) is 46.2 Å². The molecule has 0 aliphatic carbocycles. The molecule has 0 N–H and O–H groups in total. The Morgan fingerprint density at radius 3 is 2.68 bits per heavy atom. The van der Waals surface area contributed by atoms with Crippen molar-refractivity contribution < 1.29 is 4.79 Å². The largest absolute Gasteiger partial charge is 0.294 e. The van der Waals surface area contributed by atoms with Gasteiger partial charge in [0.1, 0.15) is 0 Å².